The van der Waals surface area contributed by atoms with Crippen LogP contribution in [0, 0.1) is 43.9 Å². The number of carbonyl (C=O) groups excluding carboxylic acids is 2. The first kappa shape index (κ1) is 63.8. The minimum absolute atomic E-state index is 0.138. The fourth-order valence-electron chi connectivity index (χ4n) is 8.15. The van der Waals surface area contributed by atoms with Crippen LogP contribution in [0.4, 0.5) is 0 Å². The number of nitrogens with zero attached hydrogens (tertiary/aromatic N) is 6. The molecule has 2 amide bonds. The van der Waals surface area contributed by atoms with Crippen molar-refractivity contribution in [3.63, 3.8) is 0 Å². The van der Waals surface area contributed by atoms with E-state index in [1.165, 1.54) is 43.5 Å². The lowest BCUT2D eigenvalue weighted by Gasteiger charge is -2.10. The third kappa shape index (κ3) is 15.2. The normalized spacial score (nSPS) is 15.7. The molecule has 83 heavy (non-hydrogen) atoms. The fourth-order valence-corrected chi connectivity index (χ4v) is 16.0. The molecule has 0 spiro atoms. The average molecular weight is 1290 g/mol. The highest BCUT2D eigenvalue weighted by Gasteiger charge is 2.34. The Morgan fingerprint density at radius 2 is 0.976 bits per heavy atom. The van der Waals surface area contributed by atoms with Crippen molar-refractivity contribution in [3.05, 3.63) is 184 Å². The number of thiazole rings is 4. The largest absolute Gasteiger partial charge is 0.480 e. The van der Waals surface area contributed by atoms with Gasteiger partial charge < -0.3 is 19.9 Å². The average Bonchev–Trinajstić information content (AvgIpc) is 2.33. The van der Waals surface area contributed by atoms with Gasteiger partial charge in [0, 0.05) is 19.6 Å². The molecule has 0 saturated carbocycles. The van der Waals surface area contributed by atoms with Gasteiger partial charge in [0.2, 0.25) is 0 Å². The molecule has 3 N–H and O–H groups in total. The van der Waals surface area contributed by atoms with E-state index in [0.717, 1.165) is 105 Å². The summed E-state index contributed by atoms with van der Waals surface area (Å²) in [6.07, 6.45) is 7.00. The van der Waals surface area contributed by atoms with E-state index in [9.17, 15) is 48.6 Å². The number of hydrogen-bond acceptors (Lipinski definition) is 17. The molecule has 432 valence electrons. The Hall–Kier alpha value is -6.75. The molecule has 0 radical (unpaired) electrons. The number of aliphatic carboxylic acids is 3. The third-order valence-corrected chi connectivity index (χ3v) is 20.1. The van der Waals surface area contributed by atoms with Crippen molar-refractivity contribution in [2.45, 2.75) is 80.6 Å². The first-order chi connectivity index (χ1) is 39.4. The number of aryl methyl sites for hydroxylation is 3. The number of unbranched alkanes of at least 4 members (excludes halogenated alkanes) is 1. The number of thiocarbonyl (C=S) groups is 2. The Morgan fingerprint density at radius 1 is 0.518 bits per heavy atom. The van der Waals surface area contributed by atoms with E-state index in [4.69, 9.17) is 41.8 Å². The molecule has 26 heteroatoms. The minimum atomic E-state index is -1.15. The quantitative estimate of drug-likeness (QED) is 0.0726. The van der Waals surface area contributed by atoms with Gasteiger partial charge in [0.25, 0.3) is 28.5 Å². The maximum absolute atomic E-state index is 13.4. The molecule has 6 heterocycles. The van der Waals surface area contributed by atoms with Crippen LogP contribution in [-0.4, -0.2) is 94.8 Å². The van der Waals surface area contributed by atoms with Crippen molar-refractivity contribution in [2.75, 3.05) is 13.1 Å². The van der Waals surface area contributed by atoms with Gasteiger partial charge in [-0.2, -0.15) is 0 Å². The van der Waals surface area contributed by atoms with Gasteiger partial charge in [-0.25, -0.2) is 0 Å². The van der Waals surface area contributed by atoms with E-state index in [1.54, 1.807) is 22.8 Å². The smallest absolute Gasteiger partial charge is 0.323 e. The summed E-state index contributed by atoms with van der Waals surface area (Å²) in [5, 5.41) is 28.3. The van der Waals surface area contributed by atoms with Crippen LogP contribution in [0.3, 0.4) is 0 Å². The number of aromatic nitrogens is 4. The Morgan fingerprint density at radius 3 is 1.43 bits per heavy atom. The lowest BCUT2D eigenvalue weighted by molar-refractivity contribution is -0.140. The van der Waals surface area contributed by atoms with Crippen molar-refractivity contribution in [1.82, 2.24) is 28.1 Å². The molecule has 7 aromatic rings. The fraction of sp³-hybridized carbons (Fsp3) is 0.246. The van der Waals surface area contributed by atoms with E-state index in [-0.39, 0.29) is 27.3 Å². The summed E-state index contributed by atoms with van der Waals surface area (Å²) in [6, 6.07) is 23.1. The topological polar surface area (TPSA) is 223 Å². The van der Waals surface area contributed by atoms with Gasteiger partial charge in [-0.15, -0.1) is 45.3 Å². The zero-order valence-electron chi connectivity index (χ0n) is 45.5. The summed E-state index contributed by atoms with van der Waals surface area (Å²) in [5.41, 5.74) is 5.00. The van der Waals surface area contributed by atoms with Crippen LogP contribution in [0.1, 0.15) is 67.0 Å². The second-order valence-corrected chi connectivity index (χ2v) is 26.6. The Bertz CT molecular complexity index is 4490. The van der Waals surface area contributed by atoms with Crippen molar-refractivity contribution in [1.29, 1.82) is 0 Å². The number of rotatable bonds is 14. The second kappa shape index (κ2) is 28.2. The molecule has 2 aliphatic heterocycles. The Balaban J connectivity index is 0.000000189. The number of carboxylic acids is 3. The molecule has 0 bridgehead atoms. The van der Waals surface area contributed by atoms with Gasteiger partial charge in [0.1, 0.15) is 61.0 Å². The van der Waals surface area contributed by atoms with Crippen LogP contribution in [0.25, 0.3) is 29.7 Å². The highest BCUT2D eigenvalue weighted by molar-refractivity contribution is 8.30. The van der Waals surface area contributed by atoms with Gasteiger partial charge in [-0.1, -0.05) is 170 Å². The van der Waals surface area contributed by atoms with Crippen molar-refractivity contribution >= 4 is 174 Å². The molecule has 3 aromatic carbocycles. The SMILES string of the molecule is C=c1s/c(=c2\c(=S)s/c(=c3/sc(=Cc4ccc(C)cc4)c(=O)n3CC(=O)O)n2CCCC)n(CC)c1=O.CCN1C(=O)/C(=c2\sc(=Cc3ccc(C)cc3)c(=O)n2CC(=O)O)SC1=S.Cc1ccc(C=C2SC(=S)N(CC(=O)O)C2=O)cc1. The molecular weight excluding hydrogens is 1230 g/mol. The second-order valence-electron chi connectivity index (χ2n) is 18.5. The van der Waals surface area contributed by atoms with Gasteiger partial charge in [0.05, 0.1) is 18.5 Å². The Kier molecular flexibility index (Phi) is 21.7. The minimum Gasteiger partial charge on any atom is -0.480 e. The molecule has 2 fully saturated rings. The lowest BCUT2D eigenvalue weighted by Crippen LogP contribution is -2.35. The summed E-state index contributed by atoms with van der Waals surface area (Å²) < 4.78 is 11.0. The van der Waals surface area contributed by atoms with E-state index in [0.29, 0.717) is 60.5 Å². The molecule has 4 aromatic heterocycles. The van der Waals surface area contributed by atoms with Crippen LogP contribution in [0.15, 0.2) is 92.1 Å². The maximum atomic E-state index is 13.4. The summed E-state index contributed by atoms with van der Waals surface area (Å²) in [6.45, 7) is 15.8. The predicted molar refractivity (Wildman–Crippen MR) is 343 cm³/mol. The molecule has 2 aliphatic rings. The number of amides is 2. The summed E-state index contributed by atoms with van der Waals surface area (Å²) in [7, 11) is 0. The van der Waals surface area contributed by atoms with Gasteiger partial charge >= 0.3 is 17.9 Å². The van der Waals surface area contributed by atoms with Gasteiger partial charge in [-0.3, -0.25) is 61.9 Å². The summed E-state index contributed by atoms with van der Waals surface area (Å²) >= 11 is 23.3. The highest BCUT2D eigenvalue weighted by Crippen LogP contribution is 2.33. The molecule has 17 nitrogen and oxygen atoms in total. The van der Waals surface area contributed by atoms with Crippen molar-refractivity contribution in [2.24, 2.45) is 0 Å². The summed E-state index contributed by atoms with van der Waals surface area (Å²) in [4.78, 5) is 100. The standard InChI is InChI=1S/C26H27N3O4S4.C18H16N2O4S3.C13H11NO3S2/c1-5-7-12-28-20(23-27(6-2)21(32)16(4)35-23)26(34)37-24(28)25-29(14-19(30)31)22(33)18(36-25)13-17-10-8-15(3)9-11-17;1-3-19-16(24)14(27-18(19)25)17-20(9-13(21)22)15(23)12(26-17)8-11-6-4-10(2)5-7-11;1-8-2-4-9(5-3-8)6-10-12(17)14(7-11(15)16)13(18)19-10/h8-11,13H,4-7,12,14H2,1-3H3,(H,30,31);4-8H,3,9H2,1-2H3,(H,21,22);2-6H,7H2,1H3,(H,15,16)/b18-13?,23-20+,25-24+;12-8?,17-14+;. The number of hydrogen-bond donors (Lipinski definition) is 3. The van der Waals surface area contributed by atoms with Crippen LogP contribution in [0.2, 0.25) is 0 Å². The van der Waals surface area contributed by atoms with Crippen LogP contribution < -0.4 is 34.9 Å². The van der Waals surface area contributed by atoms with E-state index < -0.39 is 43.1 Å². The van der Waals surface area contributed by atoms with E-state index >= 15 is 0 Å². The zero-order chi connectivity index (χ0) is 60.6. The first-order valence-corrected chi connectivity index (χ1v) is 31.6. The zero-order valence-corrected chi connectivity index (χ0v) is 52.8. The third-order valence-electron chi connectivity index (χ3n) is 12.3. The highest BCUT2D eigenvalue weighted by atomic mass is 32.2. The maximum Gasteiger partial charge on any atom is 0.323 e. The molecule has 0 unspecified atom stereocenters. The first-order valence-electron chi connectivity index (χ1n) is 25.4. The molecule has 0 aliphatic carbocycles. The van der Waals surface area contributed by atoms with Crippen molar-refractivity contribution in [3.8, 4) is 0 Å². The van der Waals surface area contributed by atoms with Crippen LogP contribution >= 0.6 is 106 Å². The number of carbonyl (C=O) groups is 5. The number of thioether (sulfide) groups is 2. The predicted octanol–water partition coefficient (Wildman–Crippen LogP) is 7.15. The van der Waals surface area contributed by atoms with E-state index in [2.05, 4.69) is 13.5 Å². The Labute approximate surface area is 514 Å². The van der Waals surface area contributed by atoms with Gasteiger partial charge in [-0.05, 0) is 76.0 Å². The lowest BCUT2D eigenvalue weighted by atomic mass is 10.1. The van der Waals surface area contributed by atoms with E-state index in [1.807, 2.05) is 112 Å². The molecule has 9 rings (SSSR count). The van der Waals surface area contributed by atoms with Crippen LogP contribution in [0.5, 0.6) is 0 Å². The molecular formula is C57H54N6O11S9. The van der Waals surface area contributed by atoms with Crippen LogP contribution in [-0.2, 0) is 50.2 Å². The van der Waals surface area contributed by atoms with Crippen molar-refractivity contribution < 1.29 is 39.3 Å². The molecule has 2 saturated heterocycles. The molecule has 0 atom stereocenters. The van der Waals surface area contributed by atoms with Gasteiger partial charge in [0.15, 0.2) is 0 Å². The summed E-state index contributed by atoms with van der Waals surface area (Å²) in [5.74, 6) is -3.97. The number of benzene rings is 3. The number of carboxylic acid groups (broad SMARTS) is 3. The monoisotopic (exact) mass is 1290 g/mol.